The lowest BCUT2D eigenvalue weighted by Gasteiger charge is -2.19. The Morgan fingerprint density at radius 1 is 1.15 bits per heavy atom. The summed E-state index contributed by atoms with van der Waals surface area (Å²) in [6, 6.07) is 10.5. The van der Waals surface area contributed by atoms with Gasteiger partial charge in [0, 0.05) is 12.5 Å². The molecule has 0 saturated heterocycles. The Kier molecular flexibility index (Phi) is 6.03. The minimum Gasteiger partial charge on any atom is -0.459 e. The van der Waals surface area contributed by atoms with Crippen LogP contribution in [0.3, 0.4) is 0 Å². The molecule has 2 aromatic carbocycles. The molecule has 170 valence electrons. The number of benzene rings is 2. The van der Waals surface area contributed by atoms with Crippen molar-refractivity contribution in [2.24, 2.45) is 0 Å². The lowest BCUT2D eigenvalue weighted by molar-refractivity contribution is -0.151. The number of rotatable bonds is 5. The highest BCUT2D eigenvalue weighted by atomic mass is 32.2. The van der Waals surface area contributed by atoms with E-state index >= 15 is 0 Å². The molecule has 2 aromatic heterocycles. The first kappa shape index (κ1) is 22.7. The Bertz CT molecular complexity index is 1390. The van der Waals surface area contributed by atoms with Crippen LogP contribution in [0.25, 0.3) is 28.0 Å². The molecule has 0 bridgehead atoms. The minimum absolute atomic E-state index is 0.0554. The molecule has 0 aliphatic rings. The van der Waals surface area contributed by atoms with Gasteiger partial charge >= 0.3 is 5.97 Å². The predicted molar refractivity (Wildman–Crippen MR) is 122 cm³/mol. The zero-order chi connectivity index (χ0) is 23.8. The maximum absolute atomic E-state index is 13.5. The molecule has 4 aromatic rings. The highest BCUT2D eigenvalue weighted by molar-refractivity contribution is 7.99. The number of fused-ring (bicyclic) bond motifs is 1. The van der Waals surface area contributed by atoms with E-state index in [0.29, 0.717) is 33.9 Å². The van der Waals surface area contributed by atoms with E-state index in [1.54, 1.807) is 45.9 Å². The molecule has 2 heterocycles. The molecule has 8 nitrogen and oxygen atoms in total. The molecular weight excluding hydrogens is 447 g/mol. The number of nitrogens with zero attached hydrogens (tertiary/aromatic N) is 4. The smallest absolute Gasteiger partial charge is 0.316 e. The Labute approximate surface area is 192 Å². The van der Waals surface area contributed by atoms with Crippen LogP contribution in [0.4, 0.5) is 4.39 Å². The molecule has 0 saturated carbocycles. The lowest BCUT2D eigenvalue weighted by atomic mass is 10.1. The topological polar surface area (TPSA) is 100 Å². The van der Waals surface area contributed by atoms with E-state index in [9.17, 15) is 14.0 Å². The van der Waals surface area contributed by atoms with Crippen molar-refractivity contribution in [1.29, 1.82) is 0 Å². The van der Waals surface area contributed by atoms with Crippen molar-refractivity contribution < 1.29 is 18.4 Å². The lowest BCUT2D eigenvalue weighted by Crippen LogP contribution is -2.26. The Balaban J connectivity index is 1.81. The monoisotopic (exact) mass is 468 g/mol. The number of halogens is 1. The quantitative estimate of drug-likeness (QED) is 0.243. The van der Waals surface area contributed by atoms with Gasteiger partial charge in [-0.1, -0.05) is 23.0 Å². The second kappa shape index (κ2) is 8.78. The van der Waals surface area contributed by atoms with Gasteiger partial charge in [0.2, 0.25) is 11.7 Å². The van der Waals surface area contributed by atoms with Crippen molar-refractivity contribution in [3.63, 3.8) is 0 Å². The summed E-state index contributed by atoms with van der Waals surface area (Å²) in [6.45, 7) is 7.01. The average molecular weight is 469 g/mol. The van der Waals surface area contributed by atoms with E-state index in [1.807, 2.05) is 0 Å². The average Bonchev–Trinajstić information content (AvgIpc) is 3.18. The van der Waals surface area contributed by atoms with Gasteiger partial charge in [-0.15, -0.1) is 0 Å². The molecule has 33 heavy (non-hydrogen) atoms. The number of aryl methyl sites for hydroxylation is 1. The Morgan fingerprint density at radius 3 is 2.52 bits per heavy atom. The van der Waals surface area contributed by atoms with Gasteiger partial charge in [0.15, 0.2) is 5.16 Å². The summed E-state index contributed by atoms with van der Waals surface area (Å²) in [5, 5.41) is 4.53. The van der Waals surface area contributed by atoms with Gasteiger partial charge in [0.25, 0.3) is 5.56 Å². The van der Waals surface area contributed by atoms with E-state index in [4.69, 9.17) is 9.26 Å². The Hall–Kier alpha value is -3.53. The normalized spacial score (nSPS) is 11.7. The molecule has 0 aliphatic carbocycles. The van der Waals surface area contributed by atoms with Crippen LogP contribution in [0.2, 0.25) is 0 Å². The van der Waals surface area contributed by atoms with Crippen molar-refractivity contribution in [3.8, 4) is 17.1 Å². The number of hydrogen-bond acceptors (Lipinski definition) is 8. The van der Waals surface area contributed by atoms with Crippen LogP contribution in [-0.2, 0) is 9.53 Å². The maximum Gasteiger partial charge on any atom is 0.316 e. The molecule has 0 atom stereocenters. The molecule has 10 heteroatoms. The fourth-order valence-electron chi connectivity index (χ4n) is 3.13. The summed E-state index contributed by atoms with van der Waals surface area (Å²) >= 11 is 1.06. The molecule has 0 fully saturated rings. The van der Waals surface area contributed by atoms with Crippen molar-refractivity contribution >= 4 is 28.6 Å². The summed E-state index contributed by atoms with van der Waals surface area (Å²) in [5.74, 6) is -0.132. The molecule has 0 spiro atoms. The predicted octanol–water partition coefficient (Wildman–Crippen LogP) is 4.32. The van der Waals surface area contributed by atoms with Gasteiger partial charge in [-0.3, -0.25) is 14.2 Å². The zero-order valence-electron chi connectivity index (χ0n) is 18.5. The van der Waals surface area contributed by atoms with Crippen molar-refractivity contribution in [2.45, 2.75) is 38.5 Å². The number of ether oxygens (including phenoxy) is 1. The standard InChI is InChI=1S/C23H21FN4O4S/c1-13-25-20(27-32-13)14-5-10-17-18(11-14)26-22(33-12-19(29)31-23(2,3)4)28(21(17)30)16-8-6-15(24)7-9-16/h5-11H,12H2,1-4H3. The minimum atomic E-state index is -0.636. The van der Waals surface area contributed by atoms with Crippen LogP contribution in [-0.4, -0.2) is 37.0 Å². The first-order valence-electron chi connectivity index (χ1n) is 10.1. The van der Waals surface area contributed by atoms with Crippen LogP contribution in [0.1, 0.15) is 26.7 Å². The molecule has 0 N–H and O–H groups in total. The maximum atomic E-state index is 13.5. The van der Waals surface area contributed by atoms with Crippen molar-refractivity contribution in [2.75, 3.05) is 5.75 Å². The van der Waals surface area contributed by atoms with Gasteiger partial charge in [-0.05, 0) is 57.2 Å². The van der Waals surface area contributed by atoms with E-state index in [-0.39, 0.29) is 16.5 Å². The van der Waals surface area contributed by atoms with E-state index in [1.165, 1.54) is 28.8 Å². The summed E-state index contributed by atoms with van der Waals surface area (Å²) in [7, 11) is 0. The fraction of sp³-hybridized carbons (Fsp3) is 0.261. The second-order valence-corrected chi connectivity index (χ2v) is 9.20. The molecule has 0 unspecified atom stereocenters. The number of thioether (sulfide) groups is 1. The summed E-state index contributed by atoms with van der Waals surface area (Å²) in [5.41, 5.74) is 0.483. The van der Waals surface area contributed by atoms with Gasteiger partial charge in [-0.2, -0.15) is 4.98 Å². The summed E-state index contributed by atoms with van der Waals surface area (Å²) < 4.78 is 25.2. The molecule has 0 radical (unpaired) electrons. The Morgan fingerprint density at radius 2 is 1.88 bits per heavy atom. The number of hydrogen-bond donors (Lipinski definition) is 0. The summed E-state index contributed by atoms with van der Waals surface area (Å²) in [4.78, 5) is 34.5. The molecule has 0 aliphatic heterocycles. The highest BCUT2D eigenvalue weighted by Crippen LogP contribution is 2.25. The van der Waals surface area contributed by atoms with Crippen molar-refractivity contribution in [3.05, 3.63) is 64.5 Å². The largest absolute Gasteiger partial charge is 0.459 e. The molecular formula is C23H21FN4O4S. The number of carbonyl (C=O) groups excluding carboxylic acids is 1. The third-order valence-electron chi connectivity index (χ3n) is 4.45. The van der Waals surface area contributed by atoms with Gasteiger partial charge in [0.1, 0.15) is 11.4 Å². The van der Waals surface area contributed by atoms with E-state index < -0.39 is 17.4 Å². The van der Waals surface area contributed by atoms with Crippen molar-refractivity contribution in [1.82, 2.24) is 19.7 Å². The van der Waals surface area contributed by atoms with Crippen LogP contribution in [0, 0.1) is 12.7 Å². The number of carbonyl (C=O) groups is 1. The van der Waals surface area contributed by atoms with Crippen LogP contribution < -0.4 is 5.56 Å². The first-order valence-corrected chi connectivity index (χ1v) is 11.1. The zero-order valence-corrected chi connectivity index (χ0v) is 19.3. The van der Waals surface area contributed by atoms with Crippen LogP contribution in [0.15, 0.2) is 56.9 Å². The fourth-order valence-corrected chi connectivity index (χ4v) is 3.92. The molecule has 0 amide bonds. The third-order valence-corrected chi connectivity index (χ3v) is 5.36. The van der Waals surface area contributed by atoms with Gasteiger partial charge in [-0.25, -0.2) is 9.37 Å². The van der Waals surface area contributed by atoms with E-state index in [0.717, 1.165) is 11.8 Å². The third kappa shape index (κ3) is 5.11. The number of aromatic nitrogens is 4. The second-order valence-electron chi connectivity index (χ2n) is 8.26. The SMILES string of the molecule is Cc1nc(-c2ccc3c(=O)n(-c4ccc(F)cc4)c(SCC(=O)OC(C)(C)C)nc3c2)no1. The van der Waals surface area contributed by atoms with Gasteiger partial charge in [0.05, 0.1) is 22.3 Å². The van der Waals surface area contributed by atoms with Crippen LogP contribution in [0.5, 0.6) is 0 Å². The molecule has 4 rings (SSSR count). The van der Waals surface area contributed by atoms with Gasteiger partial charge < -0.3 is 9.26 Å². The summed E-state index contributed by atoms with van der Waals surface area (Å²) in [6.07, 6.45) is 0. The number of esters is 1. The van der Waals surface area contributed by atoms with Crippen LogP contribution >= 0.6 is 11.8 Å². The highest BCUT2D eigenvalue weighted by Gasteiger charge is 2.20. The first-order chi connectivity index (χ1) is 15.6. The van der Waals surface area contributed by atoms with E-state index in [2.05, 4.69) is 15.1 Å².